The van der Waals surface area contributed by atoms with Gasteiger partial charge in [0, 0.05) is 18.5 Å². The number of hydrogen-bond donors (Lipinski definition) is 4. The summed E-state index contributed by atoms with van der Waals surface area (Å²) in [6.45, 7) is 7.24. The lowest BCUT2D eigenvalue weighted by Crippen LogP contribution is -2.14. The van der Waals surface area contributed by atoms with Crippen LogP contribution in [-0.2, 0) is 0 Å². The van der Waals surface area contributed by atoms with E-state index in [1.807, 2.05) is 6.92 Å². The Balaban J connectivity index is -0.000000158. The lowest BCUT2D eigenvalue weighted by molar-refractivity contribution is 0.286. The topological polar surface area (TPSA) is 78.5 Å². The summed E-state index contributed by atoms with van der Waals surface area (Å²) in [5.41, 5.74) is 4.85. The molecule has 0 atom stereocenters. The minimum Gasteiger partial charge on any atom is -0.396 e. The molecule has 0 saturated carbocycles. The van der Waals surface area contributed by atoms with Gasteiger partial charge in [-0.3, -0.25) is 0 Å². The molecule has 0 amide bonds. The first kappa shape index (κ1) is 20.7. The standard InChI is InChI=1S/C5H13NO.C3H7BrO.C2H7N/c1-2-6-4-3-5-7;4-2-1-3-5;1-2-3/h6-7H,2-5H2,1H3;5H,1-3H2;2-3H2,1H3. The SMILES string of the molecule is CCN.CCNCCCO.OCCCBr. The number of rotatable bonds is 6. The largest absolute Gasteiger partial charge is 0.396 e. The molecule has 0 radical (unpaired) electrons. The van der Waals surface area contributed by atoms with Crippen molar-refractivity contribution >= 4 is 15.9 Å². The molecule has 0 aliphatic rings. The first-order valence-corrected chi connectivity index (χ1v) is 6.55. The smallest absolute Gasteiger partial charge is 0.0443 e. The number of hydrogen-bond acceptors (Lipinski definition) is 4. The van der Waals surface area contributed by atoms with Gasteiger partial charge < -0.3 is 21.3 Å². The van der Waals surface area contributed by atoms with E-state index < -0.39 is 0 Å². The zero-order valence-electron chi connectivity index (χ0n) is 10.0. The van der Waals surface area contributed by atoms with Crippen LogP contribution in [0.4, 0.5) is 0 Å². The highest BCUT2D eigenvalue weighted by molar-refractivity contribution is 9.09. The van der Waals surface area contributed by atoms with Crippen molar-refractivity contribution in [2.24, 2.45) is 5.73 Å². The lowest BCUT2D eigenvalue weighted by atomic mass is 10.4. The zero-order valence-corrected chi connectivity index (χ0v) is 11.6. The maximum atomic E-state index is 8.25. The van der Waals surface area contributed by atoms with Crippen LogP contribution in [0.3, 0.4) is 0 Å². The Morgan fingerprint density at radius 1 is 1.13 bits per heavy atom. The third-order valence-corrected chi connectivity index (χ3v) is 1.61. The predicted octanol–water partition coefficient (Wildman–Crippen LogP) is 0.707. The number of aliphatic hydroxyl groups is 2. The first-order valence-electron chi connectivity index (χ1n) is 5.43. The van der Waals surface area contributed by atoms with Gasteiger partial charge in [-0.2, -0.15) is 0 Å². The van der Waals surface area contributed by atoms with E-state index in [9.17, 15) is 0 Å². The van der Waals surface area contributed by atoms with E-state index in [1.54, 1.807) is 0 Å². The minimum absolute atomic E-state index is 0.297. The third-order valence-electron chi connectivity index (χ3n) is 1.05. The summed E-state index contributed by atoms with van der Waals surface area (Å²) in [5.74, 6) is 0. The Bertz CT molecular complexity index is 72.4. The molecule has 0 saturated heterocycles. The summed E-state index contributed by atoms with van der Waals surface area (Å²) in [6.07, 6.45) is 1.73. The first-order chi connectivity index (χ1) is 7.24. The maximum absolute atomic E-state index is 8.25. The molecule has 5 N–H and O–H groups in total. The molecule has 0 aliphatic heterocycles. The Labute approximate surface area is 102 Å². The molecule has 0 bridgehead atoms. The molecule has 0 heterocycles. The van der Waals surface area contributed by atoms with Crippen molar-refractivity contribution in [3.05, 3.63) is 0 Å². The van der Waals surface area contributed by atoms with Crippen LogP contribution in [0, 0.1) is 0 Å². The van der Waals surface area contributed by atoms with Crippen molar-refractivity contribution < 1.29 is 10.2 Å². The molecule has 0 rings (SSSR count). The van der Waals surface area contributed by atoms with Crippen molar-refractivity contribution in [2.75, 3.05) is 38.2 Å². The van der Waals surface area contributed by atoms with Gasteiger partial charge in [-0.1, -0.05) is 29.8 Å². The molecular formula is C10H27BrN2O2. The van der Waals surface area contributed by atoms with Crippen LogP contribution in [0.15, 0.2) is 0 Å². The van der Waals surface area contributed by atoms with Gasteiger partial charge in [-0.25, -0.2) is 0 Å². The Hall–Kier alpha value is 0.320. The average Bonchev–Trinajstić information content (AvgIpc) is 2.22. The molecule has 5 heteroatoms. The van der Waals surface area contributed by atoms with E-state index in [-0.39, 0.29) is 0 Å². The third kappa shape index (κ3) is 54.4. The van der Waals surface area contributed by atoms with Crippen LogP contribution in [-0.4, -0.2) is 48.4 Å². The van der Waals surface area contributed by atoms with E-state index in [0.29, 0.717) is 13.2 Å². The normalized spacial score (nSPS) is 8.40. The van der Waals surface area contributed by atoms with Gasteiger partial charge in [0.2, 0.25) is 0 Å². The monoisotopic (exact) mass is 286 g/mol. The number of alkyl halides is 1. The van der Waals surface area contributed by atoms with E-state index >= 15 is 0 Å². The summed E-state index contributed by atoms with van der Waals surface area (Å²) in [4.78, 5) is 0. The number of aliphatic hydroxyl groups excluding tert-OH is 2. The van der Waals surface area contributed by atoms with Gasteiger partial charge in [-0.15, -0.1) is 0 Å². The second-order valence-corrected chi connectivity index (χ2v) is 3.40. The Morgan fingerprint density at radius 3 is 1.80 bits per heavy atom. The molecule has 0 aliphatic carbocycles. The van der Waals surface area contributed by atoms with Gasteiger partial charge in [0.05, 0.1) is 0 Å². The number of halogens is 1. The van der Waals surface area contributed by atoms with E-state index in [4.69, 9.17) is 15.9 Å². The summed E-state index contributed by atoms with van der Waals surface area (Å²) in [5, 5.41) is 20.3. The average molecular weight is 287 g/mol. The highest BCUT2D eigenvalue weighted by atomic mass is 79.9. The van der Waals surface area contributed by atoms with Crippen LogP contribution in [0.5, 0.6) is 0 Å². The second-order valence-electron chi connectivity index (χ2n) is 2.61. The molecule has 0 fully saturated rings. The zero-order chi connectivity index (χ0) is 12.4. The fourth-order valence-corrected chi connectivity index (χ4v) is 0.691. The van der Waals surface area contributed by atoms with Gasteiger partial charge in [0.15, 0.2) is 0 Å². The van der Waals surface area contributed by atoms with Crippen LogP contribution >= 0.6 is 15.9 Å². The van der Waals surface area contributed by atoms with E-state index in [0.717, 1.165) is 37.8 Å². The van der Waals surface area contributed by atoms with Crippen molar-refractivity contribution in [1.82, 2.24) is 5.32 Å². The van der Waals surface area contributed by atoms with E-state index in [2.05, 4.69) is 28.2 Å². The van der Waals surface area contributed by atoms with Crippen molar-refractivity contribution in [1.29, 1.82) is 0 Å². The van der Waals surface area contributed by atoms with Crippen molar-refractivity contribution in [3.63, 3.8) is 0 Å². The number of nitrogens with two attached hydrogens (primary N) is 1. The molecule has 0 aromatic heterocycles. The van der Waals surface area contributed by atoms with Crippen LogP contribution in [0.25, 0.3) is 0 Å². The summed E-state index contributed by atoms with van der Waals surface area (Å²) in [7, 11) is 0. The van der Waals surface area contributed by atoms with Gasteiger partial charge in [0.25, 0.3) is 0 Å². The van der Waals surface area contributed by atoms with Crippen LogP contribution < -0.4 is 11.1 Å². The molecule has 15 heavy (non-hydrogen) atoms. The van der Waals surface area contributed by atoms with Gasteiger partial charge in [0.1, 0.15) is 0 Å². The fraction of sp³-hybridized carbons (Fsp3) is 1.00. The van der Waals surface area contributed by atoms with Crippen molar-refractivity contribution in [2.45, 2.75) is 26.7 Å². The second kappa shape index (κ2) is 29.2. The van der Waals surface area contributed by atoms with Crippen molar-refractivity contribution in [3.8, 4) is 0 Å². The number of nitrogens with one attached hydrogen (secondary N) is 1. The molecule has 0 aromatic carbocycles. The highest BCUT2D eigenvalue weighted by Gasteiger charge is 1.78. The predicted molar refractivity (Wildman–Crippen MR) is 70.5 cm³/mol. The molecule has 0 unspecified atom stereocenters. The van der Waals surface area contributed by atoms with Gasteiger partial charge in [-0.05, 0) is 32.5 Å². The summed E-state index contributed by atoms with van der Waals surface area (Å²) >= 11 is 3.15. The maximum Gasteiger partial charge on any atom is 0.0443 e. The minimum atomic E-state index is 0.297. The summed E-state index contributed by atoms with van der Waals surface area (Å²) < 4.78 is 0. The van der Waals surface area contributed by atoms with Gasteiger partial charge >= 0.3 is 0 Å². The molecule has 96 valence electrons. The molecular weight excluding hydrogens is 260 g/mol. The summed E-state index contributed by atoms with van der Waals surface area (Å²) in [6, 6.07) is 0. The lowest BCUT2D eigenvalue weighted by Gasteiger charge is -1.94. The Morgan fingerprint density at radius 2 is 1.60 bits per heavy atom. The molecule has 0 spiro atoms. The van der Waals surface area contributed by atoms with E-state index in [1.165, 1.54) is 0 Å². The van der Waals surface area contributed by atoms with Crippen LogP contribution in [0.2, 0.25) is 0 Å². The van der Waals surface area contributed by atoms with Crippen LogP contribution in [0.1, 0.15) is 26.7 Å². The quantitative estimate of drug-likeness (QED) is 0.428. The highest BCUT2D eigenvalue weighted by Crippen LogP contribution is 1.81. The fourth-order valence-electron chi connectivity index (χ4n) is 0.441. The molecule has 0 aromatic rings. The Kier molecular flexibility index (Phi) is 40.4. The molecule has 4 nitrogen and oxygen atoms in total.